The van der Waals surface area contributed by atoms with E-state index in [9.17, 15) is 0 Å². The molecule has 0 bridgehead atoms. The monoisotopic (exact) mass is 341 g/mol. The van der Waals surface area contributed by atoms with Gasteiger partial charge in [0, 0.05) is 23.9 Å². The van der Waals surface area contributed by atoms with Crippen LogP contribution in [-0.4, -0.2) is 13.8 Å². The van der Waals surface area contributed by atoms with Gasteiger partial charge in [0.2, 0.25) is 0 Å². The molecule has 1 aromatic carbocycles. The second-order valence-corrected chi connectivity index (χ2v) is 12.6. The van der Waals surface area contributed by atoms with Crippen molar-refractivity contribution in [3.63, 3.8) is 0 Å². The van der Waals surface area contributed by atoms with Gasteiger partial charge in [-0.3, -0.25) is 0 Å². The highest BCUT2D eigenvalue weighted by Crippen LogP contribution is 2.26. The van der Waals surface area contributed by atoms with E-state index in [1.54, 1.807) is 0 Å². The Hall–Kier alpha value is -0.243. The van der Waals surface area contributed by atoms with Gasteiger partial charge in [0.25, 0.3) is 0 Å². The fourth-order valence-corrected chi connectivity index (χ4v) is 6.58. The van der Waals surface area contributed by atoms with E-state index in [2.05, 4.69) is 59.4 Å². The quantitative estimate of drug-likeness (QED) is 0.368. The number of nitrogens with zero attached hydrogens (tertiary/aromatic N) is 1. The number of unbranched alkanes of at least 4 members (excludes halogenated alkanes) is 1. The van der Waals surface area contributed by atoms with Gasteiger partial charge in [-0.1, -0.05) is 35.1 Å². The van der Waals surface area contributed by atoms with Gasteiger partial charge in [0.1, 0.15) is 0 Å². The van der Waals surface area contributed by atoms with E-state index in [4.69, 9.17) is 5.26 Å². The Balaban J connectivity index is 2.28. The van der Waals surface area contributed by atoms with Crippen molar-refractivity contribution in [1.82, 2.24) is 0 Å². The largest absolute Gasteiger partial charge is 0.198 e. The molecule has 0 aliphatic carbocycles. The Labute approximate surface area is 124 Å². The van der Waals surface area contributed by atoms with Crippen LogP contribution in [0, 0.1) is 11.3 Å². The molecule has 0 amide bonds. The molecule has 0 unspecified atom stereocenters. The Morgan fingerprint density at radius 3 is 2.50 bits per heavy atom. The average Bonchev–Trinajstić information content (AvgIpc) is 2.32. The number of thioether (sulfide) groups is 1. The average molecular weight is 342 g/mol. The minimum Gasteiger partial charge on any atom is -0.198 e. The third-order valence-electron chi connectivity index (χ3n) is 3.00. The van der Waals surface area contributed by atoms with E-state index >= 15 is 0 Å². The second kappa shape index (κ2) is 8.03. The number of hydrogen-bond acceptors (Lipinski definition) is 2. The van der Waals surface area contributed by atoms with Crippen molar-refractivity contribution in [1.29, 1.82) is 5.26 Å². The van der Waals surface area contributed by atoms with Crippen LogP contribution < -0.4 is 0 Å². The lowest BCUT2D eigenvalue weighted by Gasteiger charge is -2.21. The maximum Gasteiger partial charge on any atom is 0.0621 e. The Morgan fingerprint density at radius 2 is 1.89 bits per heavy atom. The van der Waals surface area contributed by atoms with Crippen molar-refractivity contribution in [3.8, 4) is 6.07 Å². The van der Waals surface area contributed by atoms with Gasteiger partial charge in [-0.05, 0) is 42.5 Å². The molecule has 0 saturated carbocycles. The van der Waals surface area contributed by atoms with Gasteiger partial charge < -0.3 is 0 Å². The van der Waals surface area contributed by atoms with Crippen LogP contribution in [0.5, 0.6) is 0 Å². The molecule has 1 rings (SSSR count). The van der Waals surface area contributed by atoms with Crippen LogP contribution in [0.3, 0.4) is 0 Å². The van der Waals surface area contributed by atoms with Crippen molar-refractivity contribution in [2.45, 2.75) is 42.9 Å². The SMILES string of the molecule is C[Si](C)(CCCC#N)CCSc1ccc(Br)cc1. The summed E-state index contributed by atoms with van der Waals surface area (Å²) >= 11 is 5.40. The van der Waals surface area contributed by atoms with Crippen molar-refractivity contribution < 1.29 is 0 Å². The van der Waals surface area contributed by atoms with Gasteiger partial charge in [0.05, 0.1) is 6.07 Å². The summed E-state index contributed by atoms with van der Waals surface area (Å²) in [6.07, 6.45) is 1.80. The zero-order chi connectivity index (χ0) is 13.4. The molecule has 1 aromatic rings. The zero-order valence-corrected chi connectivity index (χ0v) is 14.5. The molecule has 4 heteroatoms. The van der Waals surface area contributed by atoms with Gasteiger partial charge >= 0.3 is 0 Å². The highest BCUT2D eigenvalue weighted by molar-refractivity contribution is 9.10. The predicted octanol–water partition coefficient (Wildman–Crippen LogP) is 5.55. The summed E-state index contributed by atoms with van der Waals surface area (Å²) in [5, 5.41) is 8.57. The first-order valence-electron chi connectivity index (χ1n) is 6.29. The zero-order valence-electron chi connectivity index (χ0n) is 11.1. The third-order valence-corrected chi connectivity index (χ3v) is 8.22. The van der Waals surface area contributed by atoms with Crippen LogP contribution >= 0.6 is 27.7 Å². The van der Waals surface area contributed by atoms with Crippen LogP contribution in [0.15, 0.2) is 33.6 Å². The fraction of sp³-hybridized carbons (Fsp3) is 0.500. The molecule has 0 saturated heterocycles. The van der Waals surface area contributed by atoms with E-state index in [1.165, 1.54) is 22.7 Å². The lowest BCUT2D eigenvalue weighted by molar-refractivity contribution is 0.937. The summed E-state index contributed by atoms with van der Waals surface area (Å²) in [5.74, 6) is 1.20. The number of hydrogen-bond donors (Lipinski definition) is 0. The first-order valence-corrected chi connectivity index (χ1v) is 11.5. The molecule has 18 heavy (non-hydrogen) atoms. The molecule has 98 valence electrons. The number of halogens is 1. The fourth-order valence-electron chi connectivity index (χ4n) is 1.75. The van der Waals surface area contributed by atoms with E-state index in [1.807, 2.05) is 11.8 Å². The Bertz CT molecular complexity index is 397. The van der Waals surface area contributed by atoms with Crippen molar-refractivity contribution in [2.75, 3.05) is 5.75 Å². The number of rotatable bonds is 7. The molecule has 0 aromatic heterocycles. The molecule has 0 fully saturated rings. The first kappa shape index (κ1) is 15.8. The Kier molecular flexibility index (Phi) is 7.06. The lowest BCUT2D eigenvalue weighted by atomic mass is 10.4. The standard InChI is InChI=1S/C14H20BrNSSi/c1-18(2,11-4-3-9-16)12-10-17-14-7-5-13(15)6-8-14/h5-8H,3-4,10-12H2,1-2H3. The summed E-state index contributed by atoms with van der Waals surface area (Å²) in [6, 6.07) is 13.4. The smallest absolute Gasteiger partial charge is 0.0621 e. The van der Waals surface area contributed by atoms with Gasteiger partial charge in [-0.15, -0.1) is 11.8 Å². The maximum absolute atomic E-state index is 8.57. The van der Waals surface area contributed by atoms with Crippen LogP contribution in [0.2, 0.25) is 25.2 Å². The highest BCUT2D eigenvalue weighted by atomic mass is 79.9. The van der Waals surface area contributed by atoms with Crippen LogP contribution in [0.25, 0.3) is 0 Å². The van der Waals surface area contributed by atoms with E-state index in [0.29, 0.717) is 0 Å². The third kappa shape index (κ3) is 6.63. The number of nitriles is 1. The minimum atomic E-state index is -1.09. The molecule has 0 heterocycles. The molecule has 0 atom stereocenters. The normalized spacial score (nSPS) is 11.2. The maximum atomic E-state index is 8.57. The van der Waals surface area contributed by atoms with Crippen molar-refractivity contribution in [3.05, 3.63) is 28.7 Å². The Morgan fingerprint density at radius 1 is 1.22 bits per heavy atom. The van der Waals surface area contributed by atoms with Gasteiger partial charge in [-0.25, -0.2) is 0 Å². The topological polar surface area (TPSA) is 23.8 Å². The molecule has 1 nitrogen and oxygen atoms in total. The summed E-state index contributed by atoms with van der Waals surface area (Å²) in [5.41, 5.74) is 0. The molecular formula is C14H20BrNSSi. The summed E-state index contributed by atoms with van der Waals surface area (Å²) in [7, 11) is -1.09. The van der Waals surface area contributed by atoms with Crippen LogP contribution in [0.1, 0.15) is 12.8 Å². The molecular weight excluding hydrogens is 322 g/mol. The molecule has 0 spiro atoms. The van der Waals surface area contributed by atoms with Crippen molar-refractivity contribution >= 4 is 35.8 Å². The molecule has 0 N–H and O–H groups in total. The lowest BCUT2D eigenvalue weighted by Crippen LogP contribution is -2.25. The van der Waals surface area contributed by atoms with Gasteiger partial charge in [-0.2, -0.15) is 5.26 Å². The predicted molar refractivity (Wildman–Crippen MR) is 86.8 cm³/mol. The molecule has 0 aliphatic heterocycles. The summed E-state index contributed by atoms with van der Waals surface area (Å²) < 4.78 is 1.14. The van der Waals surface area contributed by atoms with E-state index < -0.39 is 8.07 Å². The summed E-state index contributed by atoms with van der Waals surface area (Å²) in [6.45, 7) is 4.87. The first-order chi connectivity index (χ1) is 8.53. The van der Waals surface area contributed by atoms with Crippen molar-refractivity contribution in [2.24, 2.45) is 0 Å². The molecule has 0 aliphatic rings. The second-order valence-electron chi connectivity index (χ2n) is 5.23. The van der Waals surface area contributed by atoms with E-state index in [0.717, 1.165) is 17.3 Å². The summed E-state index contributed by atoms with van der Waals surface area (Å²) in [4.78, 5) is 1.35. The number of benzene rings is 1. The van der Waals surface area contributed by atoms with Gasteiger partial charge in [0.15, 0.2) is 0 Å². The van der Waals surface area contributed by atoms with E-state index in [-0.39, 0.29) is 0 Å². The molecule has 0 radical (unpaired) electrons. The van der Waals surface area contributed by atoms with Crippen LogP contribution in [-0.2, 0) is 0 Å². The minimum absolute atomic E-state index is 0.719. The van der Waals surface area contributed by atoms with Crippen LogP contribution in [0.4, 0.5) is 0 Å². The highest BCUT2D eigenvalue weighted by Gasteiger charge is 2.19.